The number of rotatable bonds is 8. The second-order valence-corrected chi connectivity index (χ2v) is 11.5. The second-order valence-electron chi connectivity index (χ2n) is 8.15. The summed E-state index contributed by atoms with van der Waals surface area (Å²) < 4.78 is 29.2. The van der Waals surface area contributed by atoms with Gasteiger partial charge >= 0.3 is 0 Å². The van der Waals surface area contributed by atoms with Gasteiger partial charge in [-0.1, -0.05) is 11.6 Å². The first-order valence-corrected chi connectivity index (χ1v) is 13.7. The maximum Gasteiger partial charge on any atom is 0.261 e. The molecule has 2 saturated heterocycles. The molecule has 2 aromatic heterocycles. The topological polar surface area (TPSA) is 147 Å². The summed E-state index contributed by atoms with van der Waals surface area (Å²) in [6.07, 6.45) is 6.09. The standard InChI is InChI=1S/C20H24ClN7O5S2/c21-17-6-5-14(34-17)7-10-35(32,33)25-15-3-1-8-26(20(15)31)11-18(29)28-9-2-4-16(28)19(30)24-27-12-22-23-13-27/h5-7,10,12-13,15-16,25H,1-4,8-9,11H2,(H,24,30)/t15-,16-/m0/s1. The first-order chi connectivity index (χ1) is 16.7. The van der Waals surface area contributed by atoms with Gasteiger partial charge in [0, 0.05) is 23.4 Å². The van der Waals surface area contributed by atoms with Gasteiger partial charge in [-0.05, 0) is 43.9 Å². The summed E-state index contributed by atoms with van der Waals surface area (Å²) in [5.41, 5.74) is 2.61. The number of carbonyl (C=O) groups excluding carboxylic acids is 3. The van der Waals surface area contributed by atoms with E-state index >= 15 is 0 Å². The van der Waals surface area contributed by atoms with Crippen LogP contribution in [-0.2, 0) is 24.4 Å². The third kappa shape index (κ3) is 6.45. The van der Waals surface area contributed by atoms with Crippen LogP contribution in [0.5, 0.6) is 0 Å². The molecular formula is C20H24ClN7O5S2. The van der Waals surface area contributed by atoms with Crippen molar-refractivity contribution < 1.29 is 22.8 Å². The number of nitrogens with one attached hydrogen (secondary N) is 2. The van der Waals surface area contributed by atoms with Crippen molar-refractivity contribution in [1.29, 1.82) is 0 Å². The minimum Gasteiger partial charge on any atom is -0.332 e. The van der Waals surface area contributed by atoms with E-state index in [-0.39, 0.29) is 18.4 Å². The number of halogens is 1. The molecular weight excluding hydrogens is 518 g/mol. The van der Waals surface area contributed by atoms with Crippen molar-refractivity contribution in [3.63, 3.8) is 0 Å². The lowest BCUT2D eigenvalue weighted by Gasteiger charge is -2.33. The average Bonchev–Trinajstić information content (AvgIpc) is 3.57. The summed E-state index contributed by atoms with van der Waals surface area (Å²) >= 11 is 7.09. The molecule has 2 aliphatic heterocycles. The van der Waals surface area contributed by atoms with Crippen molar-refractivity contribution in [1.82, 2.24) is 29.4 Å². The Balaban J connectivity index is 1.35. The molecule has 4 rings (SSSR count). The maximum atomic E-state index is 13.0. The van der Waals surface area contributed by atoms with Crippen LogP contribution in [0.1, 0.15) is 30.6 Å². The zero-order valence-electron chi connectivity index (χ0n) is 18.5. The first-order valence-electron chi connectivity index (χ1n) is 10.9. The van der Waals surface area contributed by atoms with E-state index in [1.165, 1.54) is 44.5 Å². The highest BCUT2D eigenvalue weighted by Crippen LogP contribution is 2.23. The number of thiophene rings is 1. The van der Waals surface area contributed by atoms with Crippen LogP contribution in [0.2, 0.25) is 4.34 Å². The number of nitrogens with zero attached hydrogens (tertiary/aromatic N) is 5. The highest BCUT2D eigenvalue weighted by molar-refractivity contribution is 7.92. The van der Waals surface area contributed by atoms with Gasteiger partial charge in [0.25, 0.3) is 5.91 Å². The maximum absolute atomic E-state index is 13.0. The van der Waals surface area contributed by atoms with Crippen molar-refractivity contribution in [3.8, 4) is 0 Å². The summed E-state index contributed by atoms with van der Waals surface area (Å²) in [6, 6.07) is 1.71. The van der Waals surface area contributed by atoms with Crippen LogP contribution in [0, 0.1) is 0 Å². The molecule has 0 radical (unpaired) electrons. The van der Waals surface area contributed by atoms with Crippen LogP contribution in [0.4, 0.5) is 0 Å². The molecule has 0 bridgehead atoms. The zero-order valence-corrected chi connectivity index (χ0v) is 20.9. The van der Waals surface area contributed by atoms with Crippen LogP contribution in [0.25, 0.3) is 6.08 Å². The van der Waals surface area contributed by atoms with Crippen LogP contribution < -0.4 is 10.1 Å². The van der Waals surface area contributed by atoms with Crippen LogP contribution in [-0.4, -0.2) is 82.5 Å². The number of aromatic nitrogens is 3. The number of hydrogen-bond donors (Lipinski definition) is 2. The number of piperidine rings is 1. The van der Waals surface area contributed by atoms with E-state index in [4.69, 9.17) is 11.6 Å². The third-order valence-corrected chi connectivity index (χ3v) is 8.01. The van der Waals surface area contributed by atoms with E-state index in [0.717, 1.165) is 5.41 Å². The first kappa shape index (κ1) is 25.3. The molecule has 12 nitrogen and oxygen atoms in total. The fourth-order valence-corrected chi connectivity index (χ4v) is 6.14. The fraction of sp³-hybridized carbons (Fsp3) is 0.450. The normalized spacial score (nSPS) is 21.1. The number of likely N-dealkylation sites (tertiary alicyclic amines) is 2. The minimum absolute atomic E-state index is 0.225. The van der Waals surface area contributed by atoms with Crippen molar-refractivity contribution in [2.45, 2.75) is 37.8 Å². The summed E-state index contributed by atoms with van der Waals surface area (Å²) in [7, 11) is -3.89. The Bertz CT molecular complexity index is 1210. The lowest BCUT2D eigenvalue weighted by atomic mass is 10.1. The molecule has 0 saturated carbocycles. The predicted molar refractivity (Wildman–Crippen MR) is 129 cm³/mol. The summed E-state index contributed by atoms with van der Waals surface area (Å²) in [4.78, 5) is 42.0. The Kier molecular flexibility index (Phi) is 7.84. The molecule has 2 aromatic rings. The molecule has 2 fully saturated rings. The van der Waals surface area contributed by atoms with E-state index in [0.29, 0.717) is 48.0 Å². The quantitative estimate of drug-likeness (QED) is 0.498. The van der Waals surface area contributed by atoms with Gasteiger partial charge in [0.05, 0.1) is 10.9 Å². The molecule has 2 N–H and O–H groups in total. The van der Waals surface area contributed by atoms with Gasteiger partial charge < -0.3 is 9.80 Å². The summed E-state index contributed by atoms with van der Waals surface area (Å²) in [5, 5.41) is 8.23. The molecule has 4 heterocycles. The van der Waals surface area contributed by atoms with E-state index in [1.54, 1.807) is 12.1 Å². The van der Waals surface area contributed by atoms with Gasteiger partial charge in [0.2, 0.25) is 21.8 Å². The molecule has 3 amide bonds. The largest absolute Gasteiger partial charge is 0.332 e. The molecule has 0 unspecified atom stereocenters. The van der Waals surface area contributed by atoms with Crippen molar-refractivity contribution in [2.24, 2.45) is 0 Å². The van der Waals surface area contributed by atoms with Gasteiger partial charge in [0.1, 0.15) is 24.7 Å². The molecule has 15 heteroatoms. The van der Waals surface area contributed by atoms with Crippen molar-refractivity contribution >= 4 is 56.8 Å². The third-order valence-electron chi connectivity index (χ3n) is 5.70. The summed E-state index contributed by atoms with van der Waals surface area (Å²) in [6.45, 7) is 0.503. The molecule has 0 spiro atoms. The summed E-state index contributed by atoms with van der Waals surface area (Å²) in [5.74, 6) is -1.20. The van der Waals surface area contributed by atoms with Crippen molar-refractivity contribution in [2.75, 3.05) is 25.1 Å². The van der Waals surface area contributed by atoms with E-state index in [1.807, 2.05) is 0 Å². The zero-order chi connectivity index (χ0) is 25.0. The van der Waals surface area contributed by atoms with Crippen molar-refractivity contribution in [3.05, 3.63) is 39.4 Å². The predicted octanol–water partition coefficient (Wildman–Crippen LogP) is 0.635. The smallest absolute Gasteiger partial charge is 0.261 e. The Labute approximate surface area is 211 Å². The van der Waals surface area contributed by atoms with Crippen LogP contribution >= 0.6 is 22.9 Å². The monoisotopic (exact) mass is 541 g/mol. The average molecular weight is 542 g/mol. The highest BCUT2D eigenvalue weighted by Gasteiger charge is 2.37. The Morgan fingerprint density at radius 1 is 1.17 bits per heavy atom. The van der Waals surface area contributed by atoms with E-state index in [9.17, 15) is 22.8 Å². The molecule has 188 valence electrons. The highest BCUT2D eigenvalue weighted by atomic mass is 35.5. The van der Waals surface area contributed by atoms with Gasteiger partial charge in [0.15, 0.2) is 0 Å². The van der Waals surface area contributed by atoms with Gasteiger partial charge in [-0.15, -0.1) is 21.5 Å². The number of carbonyl (C=O) groups is 3. The number of amides is 3. The number of hydrogen-bond acceptors (Lipinski definition) is 8. The van der Waals surface area contributed by atoms with Gasteiger partial charge in [-0.2, -0.15) is 4.72 Å². The lowest BCUT2D eigenvalue weighted by Crippen LogP contribution is -2.55. The Hall–Kier alpha value is -2.81. The Morgan fingerprint density at radius 3 is 2.63 bits per heavy atom. The van der Waals surface area contributed by atoms with Gasteiger partial charge in [-0.3, -0.25) is 19.8 Å². The van der Waals surface area contributed by atoms with Crippen LogP contribution in [0.15, 0.2) is 30.2 Å². The van der Waals surface area contributed by atoms with E-state index in [2.05, 4.69) is 20.3 Å². The Morgan fingerprint density at radius 2 is 1.91 bits per heavy atom. The molecule has 0 aromatic carbocycles. The minimum atomic E-state index is -3.89. The van der Waals surface area contributed by atoms with Gasteiger partial charge in [-0.25, -0.2) is 13.1 Å². The molecule has 35 heavy (non-hydrogen) atoms. The molecule has 2 aliphatic rings. The lowest BCUT2D eigenvalue weighted by molar-refractivity contribution is -0.144. The second kappa shape index (κ2) is 10.8. The SMILES string of the molecule is O=C(Nn1cnnc1)[C@@H]1CCCN1C(=O)CN1CCC[C@H](NS(=O)(=O)C=Cc2ccc(Cl)s2)C1=O. The number of sulfonamides is 1. The fourth-order valence-electron chi connectivity index (χ4n) is 4.07. The van der Waals surface area contributed by atoms with E-state index < -0.39 is 28.0 Å². The molecule has 2 atom stereocenters. The van der Waals surface area contributed by atoms with Crippen LogP contribution in [0.3, 0.4) is 0 Å². The molecule has 0 aliphatic carbocycles.